The molecule has 4 fully saturated rings. The van der Waals surface area contributed by atoms with Gasteiger partial charge in [-0.05, 0) is 57.5 Å². The molecule has 2 heteroatoms. The van der Waals surface area contributed by atoms with Gasteiger partial charge in [0.05, 0.1) is 0 Å². The number of nitrogens with one attached hydrogen (secondary N) is 1. The Balaban J connectivity index is 1.54. The van der Waals surface area contributed by atoms with E-state index in [2.05, 4.69) is 17.1 Å². The molecule has 3 aliphatic heterocycles. The molecule has 3 heterocycles. The maximum absolute atomic E-state index is 3.91. The van der Waals surface area contributed by atoms with Crippen molar-refractivity contribution >= 4 is 0 Å². The molecule has 2 atom stereocenters. The van der Waals surface area contributed by atoms with Crippen LogP contribution in [0, 0.1) is 11.8 Å². The van der Waals surface area contributed by atoms with E-state index in [1.165, 1.54) is 51.7 Å². The third-order valence-electron chi connectivity index (χ3n) is 4.99. The number of hydrogen-bond acceptors (Lipinski definition) is 2. The molecule has 3 saturated heterocycles. The highest BCUT2D eigenvalue weighted by Crippen LogP contribution is 2.32. The van der Waals surface area contributed by atoms with Gasteiger partial charge < -0.3 is 10.2 Å². The SMILES string of the molecule is CC(NC1CN2CCC1CC2)C1CCC1. The van der Waals surface area contributed by atoms with E-state index in [1.54, 1.807) is 0 Å². The molecule has 2 nitrogen and oxygen atoms in total. The molecule has 2 bridgehead atoms. The first-order chi connectivity index (χ1) is 7.33. The van der Waals surface area contributed by atoms with E-state index in [4.69, 9.17) is 0 Å². The number of rotatable bonds is 3. The highest BCUT2D eigenvalue weighted by Gasteiger charge is 2.36. The zero-order chi connectivity index (χ0) is 10.3. The quantitative estimate of drug-likeness (QED) is 0.761. The molecule has 0 aromatic carbocycles. The van der Waals surface area contributed by atoms with E-state index in [9.17, 15) is 0 Å². The predicted molar refractivity (Wildman–Crippen MR) is 62.9 cm³/mol. The van der Waals surface area contributed by atoms with Gasteiger partial charge in [0.15, 0.2) is 0 Å². The largest absolute Gasteiger partial charge is 0.310 e. The summed E-state index contributed by atoms with van der Waals surface area (Å²) < 4.78 is 0. The van der Waals surface area contributed by atoms with Crippen molar-refractivity contribution in [2.75, 3.05) is 19.6 Å². The van der Waals surface area contributed by atoms with Crippen LogP contribution in [0.25, 0.3) is 0 Å². The monoisotopic (exact) mass is 208 g/mol. The number of fused-ring (bicyclic) bond motifs is 3. The second kappa shape index (κ2) is 4.06. The minimum absolute atomic E-state index is 0.768. The van der Waals surface area contributed by atoms with Gasteiger partial charge in [0.2, 0.25) is 0 Å². The fourth-order valence-corrected chi connectivity index (χ4v) is 3.57. The van der Waals surface area contributed by atoms with Gasteiger partial charge in [-0.3, -0.25) is 0 Å². The van der Waals surface area contributed by atoms with E-state index in [-0.39, 0.29) is 0 Å². The molecule has 1 aliphatic carbocycles. The Bertz CT molecular complexity index is 217. The number of piperidine rings is 3. The third-order valence-corrected chi connectivity index (χ3v) is 4.99. The van der Waals surface area contributed by atoms with Crippen LogP contribution in [0.4, 0.5) is 0 Å². The molecule has 4 aliphatic rings. The predicted octanol–water partition coefficient (Wildman–Crippen LogP) is 1.86. The van der Waals surface area contributed by atoms with Gasteiger partial charge in [-0.15, -0.1) is 0 Å². The van der Waals surface area contributed by atoms with E-state index < -0.39 is 0 Å². The van der Waals surface area contributed by atoms with Crippen LogP contribution in [0.1, 0.15) is 39.0 Å². The smallest absolute Gasteiger partial charge is 0.0226 e. The minimum Gasteiger partial charge on any atom is -0.310 e. The summed E-state index contributed by atoms with van der Waals surface area (Å²) in [5, 5.41) is 3.91. The summed E-state index contributed by atoms with van der Waals surface area (Å²) in [4.78, 5) is 2.64. The lowest BCUT2D eigenvalue weighted by atomic mass is 9.78. The van der Waals surface area contributed by atoms with E-state index in [0.717, 1.165) is 23.9 Å². The van der Waals surface area contributed by atoms with Crippen LogP contribution >= 0.6 is 0 Å². The van der Waals surface area contributed by atoms with Gasteiger partial charge in [0.25, 0.3) is 0 Å². The van der Waals surface area contributed by atoms with Crippen molar-refractivity contribution in [2.24, 2.45) is 11.8 Å². The molecule has 86 valence electrons. The van der Waals surface area contributed by atoms with Crippen LogP contribution < -0.4 is 5.32 Å². The Morgan fingerprint density at radius 1 is 1.13 bits per heavy atom. The molecule has 15 heavy (non-hydrogen) atoms. The summed E-state index contributed by atoms with van der Waals surface area (Å²) >= 11 is 0. The Morgan fingerprint density at radius 3 is 2.33 bits per heavy atom. The zero-order valence-corrected chi connectivity index (χ0v) is 9.91. The lowest BCUT2D eigenvalue weighted by molar-refractivity contribution is 0.0592. The van der Waals surface area contributed by atoms with Crippen LogP contribution in [-0.4, -0.2) is 36.6 Å². The third kappa shape index (κ3) is 1.94. The van der Waals surface area contributed by atoms with Gasteiger partial charge in [-0.25, -0.2) is 0 Å². The molecule has 1 N–H and O–H groups in total. The average molecular weight is 208 g/mol. The summed E-state index contributed by atoms with van der Waals surface area (Å²) in [5.41, 5.74) is 0. The van der Waals surface area contributed by atoms with Gasteiger partial charge >= 0.3 is 0 Å². The van der Waals surface area contributed by atoms with Gasteiger partial charge in [0.1, 0.15) is 0 Å². The average Bonchev–Trinajstić information content (AvgIpc) is 2.16. The number of nitrogens with zero attached hydrogens (tertiary/aromatic N) is 1. The molecular formula is C13H24N2. The Labute approximate surface area is 93.4 Å². The zero-order valence-electron chi connectivity index (χ0n) is 9.91. The highest BCUT2D eigenvalue weighted by atomic mass is 15.2. The van der Waals surface area contributed by atoms with Gasteiger partial charge in [-0.1, -0.05) is 6.42 Å². The van der Waals surface area contributed by atoms with E-state index >= 15 is 0 Å². The van der Waals surface area contributed by atoms with Gasteiger partial charge in [-0.2, -0.15) is 0 Å². The topological polar surface area (TPSA) is 15.3 Å². The first kappa shape index (κ1) is 10.1. The minimum atomic E-state index is 0.768. The normalized spacial score (nSPS) is 42.6. The van der Waals surface area contributed by atoms with Gasteiger partial charge in [0, 0.05) is 18.6 Å². The van der Waals surface area contributed by atoms with E-state index in [1.807, 2.05) is 0 Å². The molecular weight excluding hydrogens is 184 g/mol. The standard InChI is InChI=1S/C13H24N2/c1-10(11-3-2-4-11)14-13-9-15-7-5-12(13)6-8-15/h10-14H,2-9H2,1H3. The van der Waals surface area contributed by atoms with Crippen LogP contribution in [0.15, 0.2) is 0 Å². The molecule has 0 aromatic heterocycles. The summed E-state index contributed by atoms with van der Waals surface area (Å²) in [6, 6.07) is 1.58. The Morgan fingerprint density at radius 2 is 1.87 bits per heavy atom. The lowest BCUT2D eigenvalue weighted by Gasteiger charge is -2.47. The second-order valence-corrected chi connectivity index (χ2v) is 5.89. The van der Waals surface area contributed by atoms with Crippen LogP contribution in [-0.2, 0) is 0 Å². The fraction of sp³-hybridized carbons (Fsp3) is 1.00. The summed E-state index contributed by atoms with van der Waals surface area (Å²) in [6.45, 7) is 6.45. The Hall–Kier alpha value is -0.0800. The first-order valence-corrected chi connectivity index (χ1v) is 6.81. The van der Waals surface area contributed by atoms with Crippen molar-refractivity contribution in [2.45, 2.75) is 51.1 Å². The van der Waals surface area contributed by atoms with Crippen molar-refractivity contribution in [3.63, 3.8) is 0 Å². The maximum Gasteiger partial charge on any atom is 0.0226 e. The van der Waals surface area contributed by atoms with Crippen LogP contribution in [0.2, 0.25) is 0 Å². The molecule has 0 aromatic rings. The molecule has 1 saturated carbocycles. The number of hydrogen-bond donors (Lipinski definition) is 1. The van der Waals surface area contributed by atoms with Crippen molar-refractivity contribution in [3.8, 4) is 0 Å². The highest BCUT2D eigenvalue weighted by molar-refractivity contribution is 4.93. The first-order valence-electron chi connectivity index (χ1n) is 6.81. The molecule has 0 radical (unpaired) electrons. The fourth-order valence-electron chi connectivity index (χ4n) is 3.57. The lowest BCUT2D eigenvalue weighted by Crippen LogP contribution is -2.58. The van der Waals surface area contributed by atoms with Crippen LogP contribution in [0.5, 0.6) is 0 Å². The van der Waals surface area contributed by atoms with E-state index in [0.29, 0.717) is 0 Å². The maximum atomic E-state index is 3.91. The van der Waals surface area contributed by atoms with Crippen molar-refractivity contribution in [1.82, 2.24) is 10.2 Å². The summed E-state index contributed by atoms with van der Waals surface area (Å²) in [7, 11) is 0. The summed E-state index contributed by atoms with van der Waals surface area (Å²) in [5.74, 6) is 1.97. The molecule has 4 rings (SSSR count). The van der Waals surface area contributed by atoms with Crippen molar-refractivity contribution in [3.05, 3.63) is 0 Å². The molecule has 0 amide bonds. The van der Waals surface area contributed by atoms with Crippen molar-refractivity contribution < 1.29 is 0 Å². The second-order valence-electron chi connectivity index (χ2n) is 5.89. The molecule has 0 spiro atoms. The Kier molecular flexibility index (Phi) is 2.73. The van der Waals surface area contributed by atoms with Crippen LogP contribution in [0.3, 0.4) is 0 Å². The molecule has 2 unspecified atom stereocenters. The van der Waals surface area contributed by atoms with Crippen molar-refractivity contribution in [1.29, 1.82) is 0 Å². The summed E-state index contributed by atoms with van der Waals surface area (Å²) in [6.07, 6.45) is 7.28.